The Kier molecular flexibility index (Phi) is 6.05. The summed E-state index contributed by atoms with van der Waals surface area (Å²) in [6.45, 7) is 4.47. The number of rotatable bonds is 7. The largest absolute Gasteiger partial charge is 0.461 e. The van der Waals surface area contributed by atoms with Crippen molar-refractivity contribution in [2.75, 3.05) is 24.6 Å². The molecule has 4 heteroatoms. The number of carbonyl (C=O) groups excluding carboxylic acids is 2. The van der Waals surface area contributed by atoms with Crippen LogP contribution in [-0.2, 0) is 9.53 Å². The second-order valence-corrected chi connectivity index (χ2v) is 6.80. The quantitative estimate of drug-likeness (QED) is 0.556. The zero-order chi connectivity index (χ0) is 18.4. The fourth-order valence-corrected chi connectivity index (χ4v) is 3.52. The van der Waals surface area contributed by atoms with Crippen LogP contribution >= 0.6 is 0 Å². The minimum Gasteiger partial charge on any atom is -0.461 e. The molecule has 0 radical (unpaired) electrons. The summed E-state index contributed by atoms with van der Waals surface area (Å²) in [6, 6.07) is 15.3. The minimum atomic E-state index is -0.354. The third-order valence-electron chi connectivity index (χ3n) is 4.97. The molecule has 0 spiro atoms. The van der Waals surface area contributed by atoms with Gasteiger partial charge in [-0.05, 0) is 55.2 Å². The molecule has 0 bridgehead atoms. The van der Waals surface area contributed by atoms with Gasteiger partial charge in [0.2, 0.25) is 0 Å². The molecule has 0 amide bonds. The van der Waals surface area contributed by atoms with Gasteiger partial charge in [-0.2, -0.15) is 0 Å². The Hall–Kier alpha value is -2.62. The Morgan fingerprint density at radius 2 is 1.88 bits per heavy atom. The molecule has 4 nitrogen and oxygen atoms in total. The highest BCUT2D eigenvalue weighted by atomic mass is 16.5. The first-order chi connectivity index (χ1) is 12.7. The van der Waals surface area contributed by atoms with Gasteiger partial charge in [0.25, 0.3) is 0 Å². The topological polar surface area (TPSA) is 46.6 Å². The minimum absolute atomic E-state index is 0.118. The molecule has 1 saturated heterocycles. The van der Waals surface area contributed by atoms with Crippen molar-refractivity contribution in [3.05, 3.63) is 65.2 Å². The molecule has 1 aliphatic rings. The van der Waals surface area contributed by atoms with Gasteiger partial charge < -0.3 is 14.4 Å². The van der Waals surface area contributed by atoms with Crippen LogP contribution in [-0.4, -0.2) is 32.0 Å². The van der Waals surface area contributed by atoms with E-state index in [1.165, 1.54) is 18.5 Å². The number of benzene rings is 2. The van der Waals surface area contributed by atoms with Crippen LogP contribution in [0, 0.1) is 6.92 Å². The lowest BCUT2D eigenvalue weighted by atomic mass is 9.92. The normalized spacial score (nSPS) is 14.9. The summed E-state index contributed by atoms with van der Waals surface area (Å²) >= 11 is 0. The molecule has 136 valence electrons. The lowest BCUT2D eigenvalue weighted by Crippen LogP contribution is -2.18. The third kappa shape index (κ3) is 4.31. The van der Waals surface area contributed by atoms with Gasteiger partial charge >= 0.3 is 5.97 Å². The summed E-state index contributed by atoms with van der Waals surface area (Å²) in [4.78, 5) is 25.7. The van der Waals surface area contributed by atoms with E-state index in [0.29, 0.717) is 12.0 Å². The van der Waals surface area contributed by atoms with E-state index < -0.39 is 0 Å². The molecule has 26 heavy (non-hydrogen) atoms. The van der Waals surface area contributed by atoms with Gasteiger partial charge in [-0.3, -0.25) is 0 Å². The maximum atomic E-state index is 12.2. The van der Waals surface area contributed by atoms with E-state index in [1.807, 2.05) is 6.07 Å². The first-order valence-corrected chi connectivity index (χ1v) is 9.20. The zero-order valence-electron chi connectivity index (χ0n) is 15.2. The van der Waals surface area contributed by atoms with E-state index in [0.717, 1.165) is 30.5 Å². The van der Waals surface area contributed by atoms with Crippen molar-refractivity contribution >= 4 is 17.9 Å². The van der Waals surface area contributed by atoms with Gasteiger partial charge in [0, 0.05) is 31.1 Å². The number of esters is 1. The number of aldehydes is 1. The molecule has 0 unspecified atom stereocenters. The summed E-state index contributed by atoms with van der Waals surface area (Å²) in [5, 5.41) is 0. The maximum absolute atomic E-state index is 12.2. The van der Waals surface area contributed by atoms with Gasteiger partial charge in [-0.1, -0.05) is 24.3 Å². The van der Waals surface area contributed by atoms with Crippen molar-refractivity contribution in [2.24, 2.45) is 0 Å². The molecule has 2 aromatic rings. The van der Waals surface area contributed by atoms with E-state index in [9.17, 15) is 9.59 Å². The van der Waals surface area contributed by atoms with Gasteiger partial charge in [0.05, 0.1) is 12.2 Å². The Labute approximate surface area is 154 Å². The second kappa shape index (κ2) is 8.65. The van der Waals surface area contributed by atoms with E-state index in [4.69, 9.17) is 4.74 Å². The summed E-state index contributed by atoms with van der Waals surface area (Å²) in [5.74, 6) is -0.472. The summed E-state index contributed by atoms with van der Waals surface area (Å²) in [7, 11) is 0. The molecule has 0 N–H and O–H groups in total. The van der Waals surface area contributed by atoms with Crippen molar-refractivity contribution < 1.29 is 14.3 Å². The molecule has 1 aliphatic heterocycles. The Morgan fingerprint density at radius 1 is 1.15 bits per heavy atom. The first kappa shape index (κ1) is 18.2. The average molecular weight is 351 g/mol. The van der Waals surface area contributed by atoms with Crippen LogP contribution in [0.1, 0.15) is 46.7 Å². The van der Waals surface area contributed by atoms with Crippen LogP contribution in [0.25, 0.3) is 0 Å². The molecule has 3 rings (SSSR count). The molecule has 0 saturated carbocycles. The predicted molar refractivity (Wildman–Crippen MR) is 103 cm³/mol. The summed E-state index contributed by atoms with van der Waals surface area (Å²) in [5.41, 5.74) is 3.96. The van der Waals surface area contributed by atoms with Crippen LogP contribution in [0.3, 0.4) is 0 Å². The standard InChI is InChI=1S/C22H25NO3/c1-17-15-20(23-12-5-6-13-23)9-10-21(17)19(11-14-24)16-26-22(25)18-7-3-2-4-8-18/h2-4,7-10,14-15,19H,5-6,11-13,16H2,1H3/t19-/m0/s1. The van der Waals surface area contributed by atoms with Crippen molar-refractivity contribution in [1.82, 2.24) is 0 Å². The predicted octanol–water partition coefficient (Wildman–Crippen LogP) is 4.12. The lowest BCUT2D eigenvalue weighted by Gasteiger charge is -2.22. The Morgan fingerprint density at radius 3 is 2.54 bits per heavy atom. The van der Waals surface area contributed by atoms with Crippen molar-refractivity contribution in [3.63, 3.8) is 0 Å². The molecule has 2 aromatic carbocycles. The van der Waals surface area contributed by atoms with Crippen LogP contribution in [0.15, 0.2) is 48.5 Å². The van der Waals surface area contributed by atoms with E-state index in [2.05, 4.69) is 30.0 Å². The maximum Gasteiger partial charge on any atom is 0.338 e. The molecular formula is C22H25NO3. The fraction of sp³-hybridized carbons (Fsp3) is 0.364. The molecular weight excluding hydrogens is 326 g/mol. The highest BCUT2D eigenvalue weighted by Crippen LogP contribution is 2.28. The molecule has 1 fully saturated rings. The molecule has 1 atom stereocenters. The van der Waals surface area contributed by atoms with Crippen molar-refractivity contribution in [3.8, 4) is 0 Å². The Balaban J connectivity index is 1.70. The molecule has 0 aromatic heterocycles. The van der Waals surface area contributed by atoms with E-state index >= 15 is 0 Å². The van der Waals surface area contributed by atoms with Crippen molar-refractivity contribution in [2.45, 2.75) is 32.1 Å². The van der Waals surface area contributed by atoms with Crippen LogP contribution in [0.4, 0.5) is 5.69 Å². The third-order valence-corrected chi connectivity index (χ3v) is 4.97. The fourth-order valence-electron chi connectivity index (χ4n) is 3.52. The number of anilines is 1. The number of carbonyl (C=O) groups is 2. The number of hydrogen-bond donors (Lipinski definition) is 0. The number of nitrogens with zero attached hydrogens (tertiary/aromatic N) is 1. The highest BCUT2D eigenvalue weighted by molar-refractivity contribution is 5.89. The number of hydrogen-bond acceptors (Lipinski definition) is 4. The summed E-state index contributed by atoms with van der Waals surface area (Å²) in [6.07, 6.45) is 3.72. The van der Waals surface area contributed by atoms with Crippen LogP contribution < -0.4 is 4.90 Å². The first-order valence-electron chi connectivity index (χ1n) is 9.20. The van der Waals surface area contributed by atoms with Crippen LogP contribution in [0.2, 0.25) is 0 Å². The monoisotopic (exact) mass is 351 g/mol. The Bertz CT molecular complexity index is 751. The van der Waals surface area contributed by atoms with E-state index in [-0.39, 0.29) is 18.5 Å². The smallest absolute Gasteiger partial charge is 0.338 e. The van der Waals surface area contributed by atoms with Gasteiger partial charge in [0.1, 0.15) is 6.29 Å². The van der Waals surface area contributed by atoms with Crippen molar-refractivity contribution in [1.29, 1.82) is 0 Å². The molecule has 1 heterocycles. The SMILES string of the molecule is Cc1cc(N2CCCC2)ccc1[C@@H](CC=O)COC(=O)c1ccccc1. The highest BCUT2D eigenvalue weighted by Gasteiger charge is 2.19. The van der Waals surface area contributed by atoms with Crippen LogP contribution in [0.5, 0.6) is 0 Å². The lowest BCUT2D eigenvalue weighted by molar-refractivity contribution is -0.108. The van der Waals surface area contributed by atoms with Gasteiger partial charge in [0.15, 0.2) is 0 Å². The van der Waals surface area contributed by atoms with E-state index in [1.54, 1.807) is 24.3 Å². The second-order valence-electron chi connectivity index (χ2n) is 6.80. The van der Waals surface area contributed by atoms with Gasteiger partial charge in [-0.25, -0.2) is 4.79 Å². The van der Waals surface area contributed by atoms with Gasteiger partial charge in [-0.15, -0.1) is 0 Å². The zero-order valence-corrected chi connectivity index (χ0v) is 15.2. The summed E-state index contributed by atoms with van der Waals surface area (Å²) < 4.78 is 5.47. The molecule has 0 aliphatic carbocycles. The average Bonchev–Trinajstić information content (AvgIpc) is 3.20. The number of ether oxygens (including phenoxy) is 1. The number of aryl methyl sites for hydroxylation is 1.